The van der Waals surface area contributed by atoms with Crippen molar-refractivity contribution in [1.82, 2.24) is 10.2 Å². The fourth-order valence-electron chi connectivity index (χ4n) is 2.75. The molecule has 0 aromatic heterocycles. The van der Waals surface area contributed by atoms with E-state index in [0.29, 0.717) is 4.47 Å². The van der Waals surface area contributed by atoms with E-state index in [9.17, 15) is 9.18 Å². The first kappa shape index (κ1) is 18.2. The van der Waals surface area contributed by atoms with Crippen LogP contribution in [0.2, 0.25) is 0 Å². The maximum atomic E-state index is 13.8. The lowest BCUT2D eigenvalue weighted by molar-refractivity contribution is -0.128. The van der Waals surface area contributed by atoms with Gasteiger partial charge in [-0.2, -0.15) is 0 Å². The Morgan fingerprint density at radius 3 is 2.78 bits per heavy atom. The number of hydrogen-bond acceptors (Lipinski definition) is 3. The number of likely N-dealkylation sites (tertiary alicyclic amines) is 1. The summed E-state index contributed by atoms with van der Waals surface area (Å²) < 4.78 is 19.8. The van der Waals surface area contributed by atoms with Gasteiger partial charge in [0.25, 0.3) is 5.91 Å². The van der Waals surface area contributed by atoms with Crippen LogP contribution in [0.3, 0.4) is 0 Å². The number of rotatable bonds is 6. The molecular weight excluding hydrogens is 363 g/mol. The third-order valence-corrected chi connectivity index (χ3v) is 4.53. The fourth-order valence-corrected chi connectivity index (χ4v) is 3.08. The summed E-state index contributed by atoms with van der Waals surface area (Å²) in [4.78, 5) is 14.6. The van der Waals surface area contributed by atoms with Gasteiger partial charge in [-0.15, -0.1) is 0 Å². The zero-order valence-corrected chi connectivity index (χ0v) is 15.2. The van der Waals surface area contributed by atoms with E-state index < -0.39 is 11.9 Å². The lowest BCUT2D eigenvalue weighted by atomic mass is 10.0. The smallest absolute Gasteiger partial charge is 0.260 e. The van der Waals surface area contributed by atoms with E-state index >= 15 is 0 Å². The molecule has 0 saturated carbocycles. The summed E-state index contributed by atoms with van der Waals surface area (Å²) in [6, 6.07) is 4.71. The number of hydrogen-bond donors (Lipinski definition) is 1. The predicted octanol–water partition coefficient (Wildman–Crippen LogP) is 3.35. The Labute approximate surface area is 145 Å². The van der Waals surface area contributed by atoms with Crippen molar-refractivity contribution >= 4 is 21.8 Å². The van der Waals surface area contributed by atoms with Crippen LogP contribution in [0, 0.1) is 5.82 Å². The number of carbonyl (C=O) groups is 1. The number of piperidine rings is 1. The molecule has 1 aromatic carbocycles. The average molecular weight is 387 g/mol. The third-order valence-electron chi connectivity index (χ3n) is 4.04. The SMILES string of the molecule is CCCN1CCC(NC(=O)C(C)Oc2ccc(Br)cc2F)CC1. The first-order valence-electron chi connectivity index (χ1n) is 8.14. The minimum Gasteiger partial charge on any atom is -0.478 e. The topological polar surface area (TPSA) is 41.6 Å². The molecule has 6 heteroatoms. The van der Waals surface area contributed by atoms with Crippen molar-refractivity contribution in [3.63, 3.8) is 0 Å². The zero-order chi connectivity index (χ0) is 16.8. The average Bonchev–Trinajstić information content (AvgIpc) is 2.52. The standard InChI is InChI=1S/C17H24BrFN2O2/c1-3-8-21-9-6-14(7-10-21)20-17(22)12(2)23-16-5-4-13(18)11-15(16)19/h4-5,11-12,14H,3,6-10H2,1-2H3,(H,20,22). The van der Waals surface area contributed by atoms with Crippen LogP contribution in [0.4, 0.5) is 4.39 Å². The Morgan fingerprint density at radius 2 is 2.17 bits per heavy atom. The molecule has 1 aromatic rings. The highest BCUT2D eigenvalue weighted by atomic mass is 79.9. The molecule has 0 spiro atoms. The predicted molar refractivity (Wildman–Crippen MR) is 92.1 cm³/mol. The highest BCUT2D eigenvalue weighted by Crippen LogP contribution is 2.22. The summed E-state index contributed by atoms with van der Waals surface area (Å²) in [6.07, 6.45) is 2.33. The van der Waals surface area contributed by atoms with E-state index in [4.69, 9.17) is 4.74 Å². The molecule has 1 heterocycles. The molecule has 4 nitrogen and oxygen atoms in total. The molecule has 0 bridgehead atoms. The van der Waals surface area contributed by atoms with Crippen molar-refractivity contribution in [3.8, 4) is 5.75 Å². The number of carbonyl (C=O) groups excluding carboxylic acids is 1. The summed E-state index contributed by atoms with van der Waals surface area (Å²) in [7, 11) is 0. The van der Waals surface area contributed by atoms with Gasteiger partial charge in [0.2, 0.25) is 0 Å². The Morgan fingerprint density at radius 1 is 1.48 bits per heavy atom. The molecule has 23 heavy (non-hydrogen) atoms. The minimum atomic E-state index is -0.723. The van der Waals surface area contributed by atoms with Crippen molar-refractivity contribution in [2.75, 3.05) is 19.6 Å². The summed E-state index contributed by atoms with van der Waals surface area (Å²) in [5, 5.41) is 3.01. The van der Waals surface area contributed by atoms with Gasteiger partial charge in [-0.1, -0.05) is 22.9 Å². The number of halogens is 2. The lowest BCUT2D eigenvalue weighted by Gasteiger charge is -2.32. The largest absolute Gasteiger partial charge is 0.478 e. The van der Waals surface area contributed by atoms with E-state index in [1.165, 1.54) is 12.1 Å². The third kappa shape index (κ3) is 5.46. The molecule has 1 fully saturated rings. The van der Waals surface area contributed by atoms with Gasteiger partial charge >= 0.3 is 0 Å². The van der Waals surface area contributed by atoms with Crippen molar-refractivity contribution in [1.29, 1.82) is 0 Å². The summed E-state index contributed by atoms with van der Waals surface area (Å²) >= 11 is 3.19. The fraction of sp³-hybridized carbons (Fsp3) is 0.588. The van der Waals surface area contributed by atoms with E-state index in [0.717, 1.165) is 38.9 Å². The molecule has 0 radical (unpaired) electrons. The van der Waals surface area contributed by atoms with Gasteiger partial charge in [-0.05, 0) is 50.9 Å². The molecule has 2 rings (SSSR count). The van der Waals surface area contributed by atoms with E-state index in [1.54, 1.807) is 13.0 Å². The Balaban J connectivity index is 1.81. The minimum absolute atomic E-state index is 0.0913. The summed E-state index contributed by atoms with van der Waals surface area (Å²) in [5.74, 6) is -0.582. The van der Waals surface area contributed by atoms with Crippen LogP contribution in [-0.2, 0) is 4.79 Å². The molecule has 128 valence electrons. The summed E-state index contributed by atoms with van der Waals surface area (Å²) in [6.45, 7) is 6.95. The molecule has 1 unspecified atom stereocenters. The number of benzene rings is 1. The van der Waals surface area contributed by atoms with Crippen LogP contribution in [0.5, 0.6) is 5.75 Å². The van der Waals surface area contributed by atoms with Crippen molar-refractivity contribution < 1.29 is 13.9 Å². The molecule has 1 saturated heterocycles. The first-order chi connectivity index (χ1) is 11.0. The second-order valence-corrected chi connectivity index (χ2v) is 6.88. The van der Waals surface area contributed by atoms with Gasteiger partial charge < -0.3 is 15.0 Å². The van der Waals surface area contributed by atoms with Gasteiger partial charge in [-0.25, -0.2) is 4.39 Å². The van der Waals surface area contributed by atoms with Crippen LogP contribution >= 0.6 is 15.9 Å². The number of nitrogens with one attached hydrogen (secondary N) is 1. The zero-order valence-electron chi connectivity index (χ0n) is 13.6. The molecular formula is C17H24BrFN2O2. The molecule has 1 amide bonds. The monoisotopic (exact) mass is 386 g/mol. The summed E-state index contributed by atoms with van der Waals surface area (Å²) in [5.41, 5.74) is 0. The molecule has 1 atom stereocenters. The number of ether oxygens (including phenoxy) is 1. The Bertz CT molecular complexity index is 533. The first-order valence-corrected chi connectivity index (χ1v) is 8.93. The van der Waals surface area contributed by atoms with Gasteiger partial charge in [-0.3, -0.25) is 4.79 Å². The van der Waals surface area contributed by atoms with Crippen LogP contribution in [0.15, 0.2) is 22.7 Å². The normalized spacial score (nSPS) is 17.7. The molecule has 1 aliphatic heterocycles. The quantitative estimate of drug-likeness (QED) is 0.814. The van der Waals surface area contributed by atoms with Gasteiger partial charge in [0.05, 0.1) is 0 Å². The van der Waals surface area contributed by atoms with E-state index in [1.807, 2.05) is 0 Å². The maximum Gasteiger partial charge on any atom is 0.260 e. The highest BCUT2D eigenvalue weighted by molar-refractivity contribution is 9.10. The second-order valence-electron chi connectivity index (χ2n) is 5.96. The van der Waals surface area contributed by atoms with E-state index in [-0.39, 0.29) is 17.7 Å². The van der Waals surface area contributed by atoms with Crippen LogP contribution in [0.25, 0.3) is 0 Å². The maximum absolute atomic E-state index is 13.8. The van der Waals surface area contributed by atoms with Crippen LogP contribution in [0.1, 0.15) is 33.1 Å². The Kier molecular flexibility index (Phi) is 6.84. The lowest BCUT2D eigenvalue weighted by Crippen LogP contribution is -2.48. The number of amides is 1. The number of nitrogens with zero attached hydrogens (tertiary/aromatic N) is 1. The van der Waals surface area contributed by atoms with Gasteiger partial charge in [0.15, 0.2) is 17.7 Å². The van der Waals surface area contributed by atoms with Crippen LogP contribution in [-0.4, -0.2) is 42.6 Å². The van der Waals surface area contributed by atoms with Gasteiger partial charge in [0.1, 0.15) is 0 Å². The van der Waals surface area contributed by atoms with Crippen LogP contribution < -0.4 is 10.1 Å². The molecule has 1 aliphatic rings. The second kappa shape index (κ2) is 8.64. The van der Waals surface area contributed by atoms with Crippen molar-refractivity contribution in [2.45, 2.75) is 45.3 Å². The van der Waals surface area contributed by atoms with Crippen molar-refractivity contribution in [2.24, 2.45) is 0 Å². The van der Waals surface area contributed by atoms with E-state index in [2.05, 4.69) is 33.1 Å². The highest BCUT2D eigenvalue weighted by Gasteiger charge is 2.23. The van der Waals surface area contributed by atoms with Crippen molar-refractivity contribution in [3.05, 3.63) is 28.5 Å². The molecule has 1 N–H and O–H groups in total. The molecule has 0 aliphatic carbocycles. The Hall–Kier alpha value is -1.14. The van der Waals surface area contributed by atoms with Gasteiger partial charge in [0, 0.05) is 23.6 Å².